The van der Waals surface area contributed by atoms with Gasteiger partial charge in [-0.05, 0) is 62.1 Å². The third-order valence-electron chi connectivity index (χ3n) is 4.93. The summed E-state index contributed by atoms with van der Waals surface area (Å²) in [5, 5.41) is 10.4. The van der Waals surface area contributed by atoms with E-state index in [1.165, 1.54) is 5.00 Å². The summed E-state index contributed by atoms with van der Waals surface area (Å²) in [6.07, 6.45) is 2.17. The third-order valence-corrected chi connectivity index (χ3v) is 5.86. The van der Waals surface area contributed by atoms with Crippen molar-refractivity contribution >= 4 is 46.3 Å². The number of guanidine groups is 1. The maximum Gasteiger partial charge on any atom is 0.191 e. The molecule has 2 aromatic rings. The first-order valence-electron chi connectivity index (χ1n) is 9.73. The second-order valence-electron chi connectivity index (χ2n) is 7.45. The molecular formula is C21H31FIN5S. The summed E-state index contributed by atoms with van der Waals surface area (Å²) >= 11 is 1.80. The van der Waals surface area contributed by atoms with Gasteiger partial charge in [0.05, 0.1) is 5.00 Å². The van der Waals surface area contributed by atoms with Gasteiger partial charge in [-0.1, -0.05) is 6.07 Å². The van der Waals surface area contributed by atoms with Crippen LogP contribution in [0.4, 0.5) is 9.39 Å². The van der Waals surface area contributed by atoms with E-state index in [1.807, 2.05) is 31.1 Å². The van der Waals surface area contributed by atoms with Crippen LogP contribution in [0.1, 0.15) is 24.0 Å². The molecule has 0 atom stereocenters. The number of hydrogen-bond acceptors (Lipinski definition) is 4. The van der Waals surface area contributed by atoms with Gasteiger partial charge in [0.2, 0.25) is 0 Å². The summed E-state index contributed by atoms with van der Waals surface area (Å²) in [6.45, 7) is 3.33. The van der Waals surface area contributed by atoms with Crippen LogP contribution in [-0.2, 0) is 13.1 Å². The lowest BCUT2D eigenvalue weighted by Crippen LogP contribution is -2.48. The average Bonchev–Trinajstić information content (AvgIpc) is 3.22. The number of halogens is 2. The maximum atomic E-state index is 14.0. The van der Waals surface area contributed by atoms with Crippen molar-refractivity contribution in [1.29, 1.82) is 0 Å². The van der Waals surface area contributed by atoms with E-state index >= 15 is 0 Å². The highest BCUT2D eigenvalue weighted by molar-refractivity contribution is 14.0. The van der Waals surface area contributed by atoms with Crippen molar-refractivity contribution in [2.75, 3.05) is 39.1 Å². The number of anilines is 1. The van der Waals surface area contributed by atoms with E-state index in [9.17, 15) is 4.39 Å². The van der Waals surface area contributed by atoms with Crippen molar-refractivity contribution in [2.45, 2.75) is 32.0 Å². The molecule has 1 aliphatic rings. The molecule has 5 nitrogen and oxygen atoms in total. The van der Waals surface area contributed by atoms with Crippen molar-refractivity contribution in [3.63, 3.8) is 0 Å². The molecule has 0 spiro atoms. The Hall–Kier alpha value is -1.39. The predicted octanol–water partition coefficient (Wildman–Crippen LogP) is 3.90. The number of benzene rings is 1. The van der Waals surface area contributed by atoms with E-state index < -0.39 is 0 Å². The lowest BCUT2D eigenvalue weighted by atomic mass is 10.1. The molecule has 0 radical (unpaired) electrons. The Morgan fingerprint density at radius 3 is 2.66 bits per heavy atom. The maximum absolute atomic E-state index is 14.0. The van der Waals surface area contributed by atoms with E-state index in [4.69, 9.17) is 0 Å². The highest BCUT2D eigenvalue weighted by Crippen LogP contribution is 2.24. The van der Waals surface area contributed by atoms with Crippen molar-refractivity contribution in [3.8, 4) is 0 Å². The molecule has 3 rings (SSSR count). The lowest BCUT2D eigenvalue weighted by molar-refractivity contribution is 0.392. The second-order valence-corrected chi connectivity index (χ2v) is 8.37. The van der Waals surface area contributed by atoms with E-state index in [1.54, 1.807) is 24.5 Å². The molecule has 0 saturated carbocycles. The van der Waals surface area contributed by atoms with Gasteiger partial charge in [0.15, 0.2) is 5.96 Å². The van der Waals surface area contributed by atoms with Crippen LogP contribution in [0.2, 0.25) is 0 Å². The SMILES string of the molecule is CN=C(NCc1ccc(F)c(CN(C)C)c1)NC1CCN(c2cccs2)CC1.I. The molecule has 0 aliphatic carbocycles. The first-order chi connectivity index (χ1) is 13.5. The van der Waals surface area contributed by atoms with E-state index in [-0.39, 0.29) is 29.8 Å². The Bertz CT molecular complexity index is 773. The van der Waals surface area contributed by atoms with Gasteiger partial charge in [-0.3, -0.25) is 4.99 Å². The van der Waals surface area contributed by atoms with Gasteiger partial charge in [0.25, 0.3) is 0 Å². The molecule has 1 fully saturated rings. The minimum atomic E-state index is -0.155. The fourth-order valence-corrected chi connectivity index (χ4v) is 4.25. The van der Waals surface area contributed by atoms with Crippen LogP contribution in [0.25, 0.3) is 0 Å². The zero-order chi connectivity index (χ0) is 19.9. The highest BCUT2D eigenvalue weighted by Gasteiger charge is 2.20. The Kier molecular flexibility index (Phi) is 9.64. The Morgan fingerprint density at radius 1 is 1.28 bits per heavy atom. The Labute approximate surface area is 194 Å². The summed E-state index contributed by atoms with van der Waals surface area (Å²) in [6, 6.07) is 10.0. The van der Waals surface area contributed by atoms with Crippen LogP contribution in [0.3, 0.4) is 0 Å². The molecule has 1 aromatic carbocycles. The average molecular weight is 531 g/mol. The minimum absolute atomic E-state index is 0. The lowest BCUT2D eigenvalue weighted by Gasteiger charge is -2.33. The molecule has 1 aliphatic heterocycles. The molecule has 0 bridgehead atoms. The highest BCUT2D eigenvalue weighted by atomic mass is 127. The van der Waals surface area contributed by atoms with Crippen LogP contribution in [0.15, 0.2) is 40.7 Å². The van der Waals surface area contributed by atoms with Crippen molar-refractivity contribution in [1.82, 2.24) is 15.5 Å². The third kappa shape index (κ3) is 7.11. The quantitative estimate of drug-likeness (QED) is 0.337. The van der Waals surface area contributed by atoms with Crippen molar-refractivity contribution in [2.24, 2.45) is 4.99 Å². The van der Waals surface area contributed by atoms with Crippen molar-refractivity contribution in [3.05, 3.63) is 52.7 Å². The van der Waals surface area contributed by atoms with Gasteiger partial charge in [-0.15, -0.1) is 35.3 Å². The van der Waals surface area contributed by atoms with Crippen LogP contribution in [-0.4, -0.2) is 51.1 Å². The fourth-order valence-electron chi connectivity index (χ4n) is 3.47. The number of aliphatic imine (C=N–C) groups is 1. The normalized spacial score (nSPS) is 15.3. The number of rotatable bonds is 6. The molecule has 0 unspecified atom stereocenters. The van der Waals surface area contributed by atoms with Gasteiger partial charge < -0.3 is 20.4 Å². The second kappa shape index (κ2) is 11.7. The number of piperidine rings is 1. The van der Waals surface area contributed by atoms with E-state index in [2.05, 4.69) is 38.0 Å². The van der Waals surface area contributed by atoms with Gasteiger partial charge in [0, 0.05) is 44.8 Å². The molecule has 160 valence electrons. The van der Waals surface area contributed by atoms with Gasteiger partial charge in [0.1, 0.15) is 5.82 Å². The molecular weight excluding hydrogens is 500 g/mol. The van der Waals surface area contributed by atoms with Crippen LogP contribution < -0.4 is 15.5 Å². The smallest absolute Gasteiger partial charge is 0.191 e. The van der Waals surface area contributed by atoms with Crippen LogP contribution in [0.5, 0.6) is 0 Å². The molecule has 29 heavy (non-hydrogen) atoms. The Morgan fingerprint density at radius 2 is 2.03 bits per heavy atom. The Balaban J connectivity index is 0.00000300. The standard InChI is InChI=1S/C21H30FN5S.HI/c1-23-21(24-14-16-6-7-19(22)17(13-16)15-26(2)3)25-18-8-10-27(11-9-18)20-5-4-12-28-20;/h4-7,12-13,18H,8-11,14-15H2,1-3H3,(H2,23,24,25);1H. The predicted molar refractivity (Wildman–Crippen MR) is 132 cm³/mol. The summed E-state index contributed by atoms with van der Waals surface area (Å²) < 4.78 is 14.0. The molecule has 8 heteroatoms. The zero-order valence-electron chi connectivity index (χ0n) is 17.3. The van der Waals surface area contributed by atoms with Crippen LogP contribution >= 0.6 is 35.3 Å². The number of thiophene rings is 1. The minimum Gasteiger partial charge on any atom is -0.363 e. The summed E-state index contributed by atoms with van der Waals surface area (Å²) in [7, 11) is 5.68. The zero-order valence-corrected chi connectivity index (χ0v) is 20.5. The monoisotopic (exact) mass is 531 g/mol. The summed E-state index contributed by atoms with van der Waals surface area (Å²) in [5.41, 5.74) is 1.77. The number of nitrogens with zero attached hydrogens (tertiary/aromatic N) is 3. The van der Waals surface area contributed by atoms with E-state index in [0.717, 1.165) is 37.5 Å². The van der Waals surface area contributed by atoms with Gasteiger partial charge in [-0.25, -0.2) is 4.39 Å². The van der Waals surface area contributed by atoms with E-state index in [0.29, 0.717) is 24.7 Å². The molecule has 0 amide bonds. The number of nitrogens with one attached hydrogen (secondary N) is 2. The topological polar surface area (TPSA) is 42.9 Å². The molecule has 1 saturated heterocycles. The number of hydrogen-bond donors (Lipinski definition) is 2. The first-order valence-corrected chi connectivity index (χ1v) is 10.6. The van der Waals surface area contributed by atoms with Gasteiger partial charge in [-0.2, -0.15) is 0 Å². The molecule has 1 aromatic heterocycles. The van der Waals surface area contributed by atoms with Gasteiger partial charge >= 0.3 is 0 Å². The summed E-state index contributed by atoms with van der Waals surface area (Å²) in [4.78, 5) is 8.77. The van der Waals surface area contributed by atoms with Crippen molar-refractivity contribution < 1.29 is 4.39 Å². The summed E-state index contributed by atoms with van der Waals surface area (Å²) in [5.74, 6) is 0.644. The molecule has 2 heterocycles. The first kappa shape index (κ1) is 23.9. The van der Waals surface area contributed by atoms with Crippen LogP contribution in [0, 0.1) is 5.82 Å². The molecule has 2 N–H and O–H groups in total. The fraction of sp³-hybridized carbons (Fsp3) is 0.476. The largest absolute Gasteiger partial charge is 0.363 e.